The van der Waals surface area contributed by atoms with Crippen molar-refractivity contribution in [3.05, 3.63) is 124 Å². The molecular weight excluding hydrogens is 712 g/mol. The number of carbonyl (C=O) groups excluding carboxylic acids is 2. The van der Waals surface area contributed by atoms with Gasteiger partial charge in [-0.2, -0.15) is 0 Å². The number of hydrogen-bond donors (Lipinski definition) is 0. The Balaban J connectivity index is 1.34. The number of benzene rings is 4. The maximum Gasteiger partial charge on any atom is 0.308 e. The number of anilines is 1. The number of rotatable bonds is 19. The molecule has 0 N–H and O–H groups in total. The number of aryl methyl sites for hydroxylation is 2. The third kappa shape index (κ3) is 12.3. The number of fused-ring (bicyclic) bond motifs is 1. The monoisotopic (exact) mass is 768 g/mol. The van der Waals surface area contributed by atoms with E-state index in [1.165, 1.54) is 11.1 Å². The summed E-state index contributed by atoms with van der Waals surface area (Å²) in [6.07, 6.45) is 3.00. The van der Waals surface area contributed by atoms with Crippen molar-refractivity contribution in [3.8, 4) is 11.5 Å². The first-order chi connectivity index (χ1) is 26.6. The number of hydrogen-bond acceptors (Lipinski definition) is 7. The minimum Gasteiger partial charge on any atom is -0.492 e. The summed E-state index contributed by atoms with van der Waals surface area (Å²) in [4.78, 5) is 31.3. The molecule has 4 aromatic carbocycles. The molecule has 0 saturated carbocycles. The molecule has 5 rings (SSSR count). The first kappa shape index (κ1) is 41.8. The molecule has 294 valence electrons. The third-order valence-corrected chi connectivity index (χ3v) is 9.87. The van der Waals surface area contributed by atoms with Crippen LogP contribution in [0.1, 0.15) is 81.7 Å². The van der Waals surface area contributed by atoms with Crippen molar-refractivity contribution in [2.75, 3.05) is 51.4 Å². The Bertz CT molecular complexity index is 1770. The summed E-state index contributed by atoms with van der Waals surface area (Å²) in [7, 11) is 1.61. The van der Waals surface area contributed by atoms with Crippen LogP contribution in [0, 0.1) is 5.41 Å². The van der Waals surface area contributed by atoms with E-state index in [9.17, 15) is 9.59 Å². The van der Waals surface area contributed by atoms with Crippen molar-refractivity contribution in [1.82, 2.24) is 4.90 Å². The number of para-hydroxylation sites is 1. The maximum absolute atomic E-state index is 14.2. The molecular formula is C46H57ClN2O6. The van der Waals surface area contributed by atoms with Gasteiger partial charge in [0.25, 0.3) is 5.91 Å². The number of carbonyl (C=O) groups is 2. The van der Waals surface area contributed by atoms with E-state index in [0.717, 1.165) is 51.7 Å². The first-order valence-electron chi connectivity index (χ1n) is 19.6. The predicted molar refractivity (Wildman–Crippen MR) is 220 cm³/mol. The lowest BCUT2D eigenvalue weighted by molar-refractivity contribution is -0.151. The van der Waals surface area contributed by atoms with Crippen LogP contribution in [0.15, 0.2) is 97.1 Å². The minimum absolute atomic E-state index is 0.205. The molecule has 0 fully saturated rings. The minimum atomic E-state index is -1.10. The van der Waals surface area contributed by atoms with Gasteiger partial charge >= 0.3 is 5.97 Å². The van der Waals surface area contributed by atoms with Crippen LogP contribution in [-0.4, -0.2) is 69.4 Å². The molecule has 0 bridgehead atoms. The van der Waals surface area contributed by atoms with E-state index in [2.05, 4.69) is 86.3 Å². The Labute approximate surface area is 332 Å². The number of halogens is 1. The van der Waals surface area contributed by atoms with E-state index in [1.807, 2.05) is 30.3 Å². The fourth-order valence-corrected chi connectivity index (χ4v) is 7.32. The Morgan fingerprint density at radius 3 is 2.07 bits per heavy atom. The van der Waals surface area contributed by atoms with Gasteiger partial charge in [0.1, 0.15) is 12.2 Å². The molecule has 4 aromatic rings. The largest absolute Gasteiger partial charge is 0.492 e. The second-order valence-corrected chi connectivity index (χ2v) is 15.7. The van der Waals surface area contributed by atoms with Gasteiger partial charge in [0.15, 0.2) is 11.5 Å². The Morgan fingerprint density at radius 2 is 1.47 bits per heavy atom. The van der Waals surface area contributed by atoms with Crippen molar-refractivity contribution in [2.45, 2.75) is 78.4 Å². The zero-order chi connectivity index (χ0) is 39.2. The zero-order valence-electron chi connectivity index (χ0n) is 33.1. The average Bonchev–Trinajstić information content (AvgIpc) is 3.26. The zero-order valence-corrected chi connectivity index (χ0v) is 33.9. The van der Waals surface area contributed by atoms with Crippen LogP contribution < -0.4 is 14.4 Å². The summed E-state index contributed by atoms with van der Waals surface area (Å²) < 4.78 is 24.4. The van der Waals surface area contributed by atoms with Gasteiger partial charge in [-0.25, -0.2) is 0 Å². The second kappa shape index (κ2) is 20.5. The summed E-state index contributed by atoms with van der Waals surface area (Å²) >= 11 is 6.61. The summed E-state index contributed by atoms with van der Waals surface area (Å²) in [6, 6.07) is 32.5. The van der Waals surface area contributed by atoms with Gasteiger partial charge < -0.3 is 28.7 Å². The van der Waals surface area contributed by atoms with Gasteiger partial charge in [0, 0.05) is 34.9 Å². The number of amides is 1. The molecule has 1 aliphatic rings. The van der Waals surface area contributed by atoms with Gasteiger partial charge in [0.2, 0.25) is 0 Å². The molecule has 0 radical (unpaired) electrons. The van der Waals surface area contributed by atoms with E-state index in [4.69, 9.17) is 30.5 Å². The van der Waals surface area contributed by atoms with Crippen LogP contribution in [0.3, 0.4) is 0 Å². The van der Waals surface area contributed by atoms with Crippen LogP contribution in [0.2, 0.25) is 5.02 Å². The molecule has 2 unspecified atom stereocenters. The quantitative estimate of drug-likeness (QED) is 0.0695. The fraction of sp³-hybridized carbons (Fsp3) is 0.435. The molecule has 0 saturated heterocycles. The van der Waals surface area contributed by atoms with Crippen LogP contribution >= 0.6 is 11.6 Å². The molecule has 0 aliphatic carbocycles. The molecule has 9 heteroatoms. The Hall–Kier alpha value is -4.37. The van der Waals surface area contributed by atoms with Gasteiger partial charge in [-0.05, 0) is 92.9 Å². The maximum atomic E-state index is 14.2. The topological polar surface area (TPSA) is 77.5 Å². The molecule has 1 heterocycles. The lowest BCUT2D eigenvalue weighted by Crippen LogP contribution is -2.44. The lowest BCUT2D eigenvalue weighted by atomic mass is 9.94. The highest BCUT2D eigenvalue weighted by Crippen LogP contribution is 2.45. The summed E-state index contributed by atoms with van der Waals surface area (Å²) in [5.41, 5.74) is 4.53. The summed E-state index contributed by atoms with van der Waals surface area (Å²) in [5, 5.41) is 0.503. The molecule has 1 amide bonds. The second-order valence-electron chi connectivity index (χ2n) is 15.3. The van der Waals surface area contributed by atoms with Crippen molar-refractivity contribution in [2.24, 2.45) is 5.41 Å². The molecule has 2 atom stereocenters. The SMILES string of the molecule is CCOC(=O)CC1OC(c2cccc(OCCCN(CCCc3ccccc3)CCCc3ccccc3)c2OC)c2cc(Cl)ccc2N(CC(C)(C)C)C1=O. The van der Waals surface area contributed by atoms with Gasteiger partial charge in [0.05, 0.1) is 26.7 Å². The van der Waals surface area contributed by atoms with Crippen molar-refractivity contribution in [3.63, 3.8) is 0 Å². The highest BCUT2D eigenvalue weighted by Gasteiger charge is 2.40. The van der Waals surface area contributed by atoms with E-state index in [1.54, 1.807) is 25.0 Å². The van der Waals surface area contributed by atoms with Gasteiger partial charge in [-0.15, -0.1) is 0 Å². The highest BCUT2D eigenvalue weighted by atomic mass is 35.5. The van der Waals surface area contributed by atoms with Gasteiger partial charge in [-0.1, -0.05) is 105 Å². The predicted octanol–water partition coefficient (Wildman–Crippen LogP) is 9.51. The van der Waals surface area contributed by atoms with Crippen LogP contribution in [0.4, 0.5) is 5.69 Å². The van der Waals surface area contributed by atoms with Crippen LogP contribution in [0.5, 0.6) is 11.5 Å². The van der Waals surface area contributed by atoms with Crippen LogP contribution in [0.25, 0.3) is 0 Å². The van der Waals surface area contributed by atoms with Crippen molar-refractivity contribution < 1.29 is 28.5 Å². The molecule has 0 spiro atoms. The van der Waals surface area contributed by atoms with Crippen LogP contribution in [-0.2, 0) is 31.9 Å². The van der Waals surface area contributed by atoms with Crippen molar-refractivity contribution in [1.29, 1.82) is 0 Å². The lowest BCUT2D eigenvalue weighted by Gasteiger charge is -2.31. The number of nitrogens with zero attached hydrogens (tertiary/aromatic N) is 2. The van der Waals surface area contributed by atoms with E-state index >= 15 is 0 Å². The molecule has 55 heavy (non-hydrogen) atoms. The van der Waals surface area contributed by atoms with Crippen molar-refractivity contribution >= 4 is 29.2 Å². The van der Waals surface area contributed by atoms with E-state index in [-0.39, 0.29) is 24.3 Å². The number of esters is 1. The highest BCUT2D eigenvalue weighted by molar-refractivity contribution is 6.30. The third-order valence-electron chi connectivity index (χ3n) is 9.63. The first-order valence-corrected chi connectivity index (χ1v) is 20.0. The summed E-state index contributed by atoms with van der Waals surface area (Å²) in [6.45, 7) is 12.0. The molecule has 8 nitrogen and oxygen atoms in total. The van der Waals surface area contributed by atoms with Gasteiger partial charge in [-0.3, -0.25) is 9.59 Å². The Morgan fingerprint density at radius 1 is 0.836 bits per heavy atom. The fourth-order valence-electron chi connectivity index (χ4n) is 7.13. The number of methoxy groups -OCH3 is 1. The Kier molecular flexibility index (Phi) is 15.6. The average molecular weight is 769 g/mol. The summed E-state index contributed by atoms with van der Waals surface area (Å²) in [5.74, 6) is 0.276. The standard InChI is InChI=1S/C46H57ClN2O6/c1-6-53-42(50)32-41-45(51)49(33-46(2,3)4)39-26-25-36(47)31-38(39)43(55-41)37-23-13-24-40(44(37)52-5)54-30-16-29-48(27-14-21-34-17-9-7-10-18-34)28-15-22-35-19-11-8-12-20-35/h7-13,17-20,23-26,31,41,43H,6,14-16,21-22,27-30,32-33H2,1-5H3. The van der Waals surface area contributed by atoms with E-state index < -0.39 is 18.2 Å². The number of ether oxygens (including phenoxy) is 4. The molecule has 0 aromatic heterocycles. The van der Waals surface area contributed by atoms with E-state index in [0.29, 0.717) is 46.5 Å². The smallest absolute Gasteiger partial charge is 0.308 e. The normalized spacial score (nSPS) is 15.8. The molecule has 1 aliphatic heterocycles.